The summed E-state index contributed by atoms with van der Waals surface area (Å²) in [4.78, 5) is 26.1. The number of hydrogen-bond acceptors (Lipinski definition) is 5. The third kappa shape index (κ3) is 5.10. The van der Waals surface area contributed by atoms with Crippen molar-refractivity contribution in [2.24, 2.45) is 7.05 Å². The highest BCUT2D eigenvalue weighted by Gasteiger charge is 2.27. The molecule has 9 nitrogen and oxygen atoms in total. The van der Waals surface area contributed by atoms with E-state index < -0.39 is 10.0 Å². The number of aromatic nitrogens is 2. The first kappa shape index (κ1) is 25.7. The average Bonchev–Trinajstić information content (AvgIpc) is 3.11. The van der Waals surface area contributed by atoms with Crippen LogP contribution in [0, 0.1) is 6.92 Å². The van der Waals surface area contributed by atoms with Gasteiger partial charge in [-0.15, -0.1) is 0 Å². The lowest BCUT2D eigenvalue weighted by Crippen LogP contribution is -2.35. The standard InChI is InChI=1S/C26H32N4O5S/c1-19-25(26(32)30(28(19)2)21-10-6-4-7-11-21)27-24(31)15-12-20-18-22(13-14-23(20)35-3)36(33,34)29-16-8-5-9-17-29/h4,6-7,10-11,13-14,18H,5,8-9,12,15-17H2,1-3H3,(H,27,31). The zero-order valence-electron chi connectivity index (χ0n) is 20.9. The van der Waals surface area contributed by atoms with Gasteiger partial charge in [0.15, 0.2) is 0 Å². The number of benzene rings is 2. The third-order valence-electron chi connectivity index (χ3n) is 6.64. The second-order valence-electron chi connectivity index (χ2n) is 8.92. The Bertz CT molecular complexity index is 1400. The first-order valence-corrected chi connectivity index (χ1v) is 13.5. The molecule has 1 amide bonds. The Morgan fingerprint density at radius 2 is 1.75 bits per heavy atom. The molecule has 36 heavy (non-hydrogen) atoms. The number of ether oxygens (including phenoxy) is 1. The maximum Gasteiger partial charge on any atom is 0.295 e. The fourth-order valence-electron chi connectivity index (χ4n) is 4.53. The number of hydrogen-bond donors (Lipinski definition) is 1. The van der Waals surface area contributed by atoms with Gasteiger partial charge in [0.25, 0.3) is 5.56 Å². The Balaban J connectivity index is 1.51. The van der Waals surface area contributed by atoms with Gasteiger partial charge in [0.1, 0.15) is 11.4 Å². The Kier molecular flexibility index (Phi) is 7.65. The highest BCUT2D eigenvalue weighted by Crippen LogP contribution is 2.27. The fraction of sp³-hybridized carbons (Fsp3) is 0.385. The number of para-hydroxylation sites is 1. The first-order chi connectivity index (χ1) is 17.2. The summed E-state index contributed by atoms with van der Waals surface area (Å²) in [6.07, 6.45) is 3.06. The molecule has 1 fully saturated rings. The van der Waals surface area contributed by atoms with Crippen LogP contribution < -0.4 is 15.6 Å². The SMILES string of the molecule is COc1ccc(S(=O)(=O)N2CCCCC2)cc1CCC(=O)Nc1c(C)n(C)n(-c2ccccc2)c1=O. The number of aryl methyl sites for hydroxylation is 1. The van der Waals surface area contributed by atoms with Gasteiger partial charge in [-0.05, 0) is 62.1 Å². The zero-order chi connectivity index (χ0) is 25.9. The summed E-state index contributed by atoms with van der Waals surface area (Å²) < 4.78 is 36.4. The molecule has 192 valence electrons. The molecule has 4 rings (SSSR count). The lowest BCUT2D eigenvalue weighted by atomic mass is 10.1. The molecule has 0 saturated carbocycles. The van der Waals surface area contributed by atoms with E-state index in [0.717, 1.165) is 19.3 Å². The number of sulfonamides is 1. The summed E-state index contributed by atoms with van der Waals surface area (Å²) in [6.45, 7) is 2.81. The van der Waals surface area contributed by atoms with Crippen LogP contribution in [-0.4, -0.2) is 48.2 Å². The van der Waals surface area contributed by atoms with Gasteiger partial charge in [-0.3, -0.25) is 14.3 Å². The van der Waals surface area contributed by atoms with Crippen molar-refractivity contribution in [2.75, 3.05) is 25.5 Å². The van der Waals surface area contributed by atoms with Crippen molar-refractivity contribution in [2.45, 2.75) is 43.9 Å². The molecular weight excluding hydrogens is 480 g/mol. The Morgan fingerprint density at radius 1 is 1.06 bits per heavy atom. The fourth-order valence-corrected chi connectivity index (χ4v) is 6.10. The predicted molar refractivity (Wildman–Crippen MR) is 138 cm³/mol. The van der Waals surface area contributed by atoms with Gasteiger partial charge in [-0.2, -0.15) is 4.31 Å². The van der Waals surface area contributed by atoms with Crippen LogP contribution in [0.1, 0.15) is 36.9 Å². The minimum Gasteiger partial charge on any atom is -0.496 e. The van der Waals surface area contributed by atoms with E-state index in [9.17, 15) is 18.0 Å². The highest BCUT2D eigenvalue weighted by atomic mass is 32.2. The largest absolute Gasteiger partial charge is 0.496 e. The summed E-state index contributed by atoms with van der Waals surface area (Å²) in [5.41, 5.74) is 1.85. The molecule has 1 aliphatic heterocycles. The van der Waals surface area contributed by atoms with E-state index in [2.05, 4.69) is 5.32 Å². The Labute approximate surface area is 211 Å². The second-order valence-corrected chi connectivity index (χ2v) is 10.9. The number of carbonyl (C=O) groups is 1. The quantitative estimate of drug-likeness (QED) is 0.499. The van der Waals surface area contributed by atoms with Crippen LogP contribution in [0.3, 0.4) is 0 Å². The minimum atomic E-state index is -3.61. The minimum absolute atomic E-state index is 0.0582. The van der Waals surface area contributed by atoms with Gasteiger partial charge in [-0.1, -0.05) is 24.6 Å². The Hall–Kier alpha value is -3.37. The molecule has 0 atom stereocenters. The van der Waals surface area contributed by atoms with Gasteiger partial charge >= 0.3 is 0 Å². The summed E-state index contributed by atoms with van der Waals surface area (Å²) in [5.74, 6) is 0.176. The molecule has 1 aliphatic rings. The summed E-state index contributed by atoms with van der Waals surface area (Å²) in [5, 5.41) is 2.75. The Morgan fingerprint density at radius 3 is 2.42 bits per heavy atom. The number of piperidine rings is 1. The van der Waals surface area contributed by atoms with Crippen molar-refractivity contribution in [3.05, 3.63) is 70.1 Å². The van der Waals surface area contributed by atoms with Crippen LogP contribution >= 0.6 is 0 Å². The van der Waals surface area contributed by atoms with Crippen molar-refractivity contribution in [3.8, 4) is 11.4 Å². The lowest BCUT2D eigenvalue weighted by Gasteiger charge is -2.26. The van der Waals surface area contributed by atoms with E-state index >= 15 is 0 Å². The summed E-state index contributed by atoms with van der Waals surface area (Å²) in [7, 11) is -0.332. The van der Waals surface area contributed by atoms with Crippen molar-refractivity contribution < 1.29 is 17.9 Å². The van der Waals surface area contributed by atoms with E-state index in [1.807, 2.05) is 30.3 Å². The summed E-state index contributed by atoms with van der Waals surface area (Å²) in [6, 6.07) is 14.0. The number of methoxy groups -OCH3 is 1. The first-order valence-electron chi connectivity index (χ1n) is 12.0. The van der Waals surface area contributed by atoms with Gasteiger partial charge < -0.3 is 10.1 Å². The van der Waals surface area contributed by atoms with E-state index in [-0.39, 0.29) is 34.9 Å². The molecular formula is C26H32N4O5S. The molecule has 0 bridgehead atoms. The molecule has 2 heterocycles. The number of nitrogens with one attached hydrogen (secondary N) is 1. The van der Waals surface area contributed by atoms with E-state index in [0.29, 0.717) is 35.8 Å². The lowest BCUT2D eigenvalue weighted by molar-refractivity contribution is -0.116. The second kappa shape index (κ2) is 10.7. The average molecular weight is 513 g/mol. The molecule has 10 heteroatoms. The highest BCUT2D eigenvalue weighted by molar-refractivity contribution is 7.89. The molecule has 0 radical (unpaired) electrons. The van der Waals surface area contributed by atoms with Gasteiger partial charge in [0, 0.05) is 26.6 Å². The molecule has 1 N–H and O–H groups in total. The maximum absolute atomic E-state index is 13.1. The molecule has 1 aromatic heterocycles. The van der Waals surface area contributed by atoms with Crippen LogP contribution in [-0.2, 0) is 28.3 Å². The normalized spacial score (nSPS) is 14.5. The van der Waals surface area contributed by atoms with Crippen LogP contribution in [0.2, 0.25) is 0 Å². The van der Waals surface area contributed by atoms with Crippen LogP contribution in [0.5, 0.6) is 5.75 Å². The topological polar surface area (TPSA) is 103 Å². The molecule has 3 aromatic rings. The van der Waals surface area contributed by atoms with E-state index in [1.54, 1.807) is 36.9 Å². The maximum atomic E-state index is 13.1. The van der Waals surface area contributed by atoms with E-state index in [1.165, 1.54) is 16.1 Å². The summed E-state index contributed by atoms with van der Waals surface area (Å²) >= 11 is 0. The van der Waals surface area contributed by atoms with Crippen LogP contribution in [0.15, 0.2) is 58.2 Å². The number of amides is 1. The number of rotatable bonds is 8. The number of carbonyl (C=O) groups excluding carboxylic acids is 1. The van der Waals surface area contributed by atoms with Crippen molar-refractivity contribution >= 4 is 21.6 Å². The van der Waals surface area contributed by atoms with Crippen molar-refractivity contribution in [1.82, 2.24) is 13.7 Å². The van der Waals surface area contributed by atoms with Crippen LogP contribution in [0.25, 0.3) is 5.69 Å². The van der Waals surface area contributed by atoms with Crippen molar-refractivity contribution in [1.29, 1.82) is 0 Å². The van der Waals surface area contributed by atoms with Gasteiger partial charge in [0.2, 0.25) is 15.9 Å². The van der Waals surface area contributed by atoms with E-state index in [4.69, 9.17) is 4.74 Å². The van der Waals surface area contributed by atoms with Crippen LogP contribution in [0.4, 0.5) is 5.69 Å². The third-order valence-corrected chi connectivity index (χ3v) is 8.54. The molecule has 2 aromatic carbocycles. The zero-order valence-corrected chi connectivity index (χ0v) is 21.7. The van der Waals surface area contributed by atoms with Gasteiger partial charge in [-0.25, -0.2) is 13.1 Å². The predicted octanol–water partition coefficient (Wildman–Crippen LogP) is 3.24. The van der Waals surface area contributed by atoms with Crippen molar-refractivity contribution in [3.63, 3.8) is 0 Å². The molecule has 0 aliphatic carbocycles. The monoisotopic (exact) mass is 512 g/mol. The van der Waals surface area contributed by atoms with Gasteiger partial charge in [0.05, 0.1) is 23.4 Å². The smallest absolute Gasteiger partial charge is 0.295 e. The number of nitrogens with zero attached hydrogens (tertiary/aromatic N) is 3. The molecule has 1 saturated heterocycles. The molecule has 0 unspecified atom stereocenters. The molecule has 0 spiro atoms. The number of anilines is 1.